The van der Waals surface area contributed by atoms with Crippen LogP contribution in [0, 0.1) is 11.7 Å². The Morgan fingerprint density at radius 1 is 1.30 bits per heavy atom. The molecule has 4 nitrogen and oxygen atoms in total. The van der Waals surface area contributed by atoms with Gasteiger partial charge in [-0.05, 0) is 36.7 Å². The van der Waals surface area contributed by atoms with Crippen molar-refractivity contribution in [3.05, 3.63) is 48.0 Å². The number of benzene rings is 1. The number of carbonyl (C=O) groups excluding carboxylic acids is 1. The molecule has 2 aromatic rings. The zero-order valence-electron chi connectivity index (χ0n) is 13.0. The summed E-state index contributed by atoms with van der Waals surface area (Å²) < 4.78 is 19.3. The highest BCUT2D eigenvalue weighted by atomic mass is 35.5. The number of carbonyl (C=O) groups is 1. The highest BCUT2D eigenvalue weighted by Gasteiger charge is 2.10. The van der Waals surface area contributed by atoms with E-state index in [9.17, 15) is 9.18 Å². The second-order valence-corrected chi connectivity index (χ2v) is 5.39. The lowest BCUT2D eigenvalue weighted by Gasteiger charge is -2.09. The van der Waals surface area contributed by atoms with Crippen LogP contribution in [0.4, 0.5) is 4.39 Å². The predicted octanol–water partition coefficient (Wildman–Crippen LogP) is 3.15. The van der Waals surface area contributed by atoms with Crippen molar-refractivity contribution in [2.24, 2.45) is 11.7 Å². The van der Waals surface area contributed by atoms with E-state index in [0.717, 1.165) is 0 Å². The molecular formula is C17H22ClFN2O2. The van der Waals surface area contributed by atoms with E-state index < -0.39 is 0 Å². The Morgan fingerprint density at radius 3 is 2.74 bits per heavy atom. The summed E-state index contributed by atoms with van der Waals surface area (Å²) in [6.45, 7) is 3.10. The highest BCUT2D eigenvalue weighted by Crippen LogP contribution is 2.25. The molecule has 0 aliphatic heterocycles. The Hall–Kier alpha value is -1.85. The van der Waals surface area contributed by atoms with E-state index in [1.165, 1.54) is 6.07 Å². The minimum atomic E-state index is -0.322. The van der Waals surface area contributed by atoms with Crippen LogP contribution < -0.4 is 11.1 Å². The molecule has 1 atom stereocenters. The first kappa shape index (κ1) is 19.2. The van der Waals surface area contributed by atoms with Crippen LogP contribution in [0.1, 0.15) is 19.1 Å². The molecule has 1 aromatic heterocycles. The average Bonchev–Trinajstić information content (AvgIpc) is 2.99. The van der Waals surface area contributed by atoms with Gasteiger partial charge in [0.25, 0.3) is 0 Å². The van der Waals surface area contributed by atoms with Gasteiger partial charge in [-0.2, -0.15) is 0 Å². The molecule has 126 valence electrons. The van der Waals surface area contributed by atoms with Gasteiger partial charge in [0, 0.05) is 19.4 Å². The maximum Gasteiger partial charge on any atom is 0.220 e. The van der Waals surface area contributed by atoms with E-state index in [1.54, 1.807) is 30.3 Å². The summed E-state index contributed by atoms with van der Waals surface area (Å²) >= 11 is 0. The zero-order valence-corrected chi connectivity index (χ0v) is 13.9. The van der Waals surface area contributed by atoms with Crippen LogP contribution in [-0.4, -0.2) is 19.0 Å². The molecule has 0 aliphatic rings. The lowest BCUT2D eigenvalue weighted by Crippen LogP contribution is -2.31. The number of nitrogens with two attached hydrogens (primary N) is 1. The van der Waals surface area contributed by atoms with Gasteiger partial charge in [0.05, 0.1) is 5.56 Å². The SMILES string of the molecule is CC(CN)CNC(=O)CCc1ccc(-c2ccccc2F)o1.Cl. The van der Waals surface area contributed by atoms with Crippen molar-refractivity contribution < 1.29 is 13.6 Å². The number of rotatable bonds is 7. The van der Waals surface area contributed by atoms with Crippen molar-refractivity contribution in [3.8, 4) is 11.3 Å². The first-order valence-corrected chi connectivity index (χ1v) is 7.40. The van der Waals surface area contributed by atoms with Crippen molar-refractivity contribution in [3.63, 3.8) is 0 Å². The molecule has 2 rings (SSSR count). The number of hydrogen-bond acceptors (Lipinski definition) is 3. The lowest BCUT2D eigenvalue weighted by molar-refractivity contribution is -0.121. The molecule has 0 fully saturated rings. The molecule has 1 amide bonds. The van der Waals surface area contributed by atoms with Gasteiger partial charge in [0.1, 0.15) is 17.3 Å². The summed E-state index contributed by atoms with van der Waals surface area (Å²) in [6.07, 6.45) is 0.818. The molecule has 1 aromatic carbocycles. The van der Waals surface area contributed by atoms with Crippen LogP contribution in [0.3, 0.4) is 0 Å². The van der Waals surface area contributed by atoms with Gasteiger partial charge >= 0.3 is 0 Å². The van der Waals surface area contributed by atoms with Crippen molar-refractivity contribution in [1.29, 1.82) is 0 Å². The van der Waals surface area contributed by atoms with Gasteiger partial charge in [-0.15, -0.1) is 12.4 Å². The van der Waals surface area contributed by atoms with Crippen molar-refractivity contribution in [2.75, 3.05) is 13.1 Å². The smallest absolute Gasteiger partial charge is 0.220 e. The summed E-state index contributed by atoms with van der Waals surface area (Å²) in [6, 6.07) is 9.95. The van der Waals surface area contributed by atoms with Crippen LogP contribution in [-0.2, 0) is 11.2 Å². The number of aryl methyl sites for hydroxylation is 1. The predicted molar refractivity (Wildman–Crippen MR) is 90.9 cm³/mol. The Kier molecular flexibility index (Phi) is 7.78. The van der Waals surface area contributed by atoms with Gasteiger partial charge < -0.3 is 15.5 Å². The molecule has 23 heavy (non-hydrogen) atoms. The third kappa shape index (κ3) is 5.69. The normalized spacial score (nSPS) is 11.6. The summed E-state index contributed by atoms with van der Waals surface area (Å²) in [5, 5.41) is 2.83. The number of halogens is 2. The molecule has 1 unspecified atom stereocenters. The second kappa shape index (κ2) is 9.33. The van der Waals surface area contributed by atoms with Crippen molar-refractivity contribution in [2.45, 2.75) is 19.8 Å². The second-order valence-electron chi connectivity index (χ2n) is 5.39. The fourth-order valence-corrected chi connectivity index (χ4v) is 2.01. The molecule has 0 bridgehead atoms. The van der Waals surface area contributed by atoms with Crippen LogP contribution in [0.25, 0.3) is 11.3 Å². The molecule has 0 spiro atoms. The Balaban J connectivity index is 0.00000264. The topological polar surface area (TPSA) is 68.3 Å². The van der Waals surface area contributed by atoms with E-state index in [2.05, 4.69) is 5.32 Å². The minimum absolute atomic E-state index is 0. The third-order valence-corrected chi connectivity index (χ3v) is 3.45. The Morgan fingerprint density at radius 2 is 2.04 bits per heavy atom. The number of furan rings is 1. The average molecular weight is 341 g/mol. The molecule has 6 heteroatoms. The largest absolute Gasteiger partial charge is 0.461 e. The highest BCUT2D eigenvalue weighted by molar-refractivity contribution is 5.85. The zero-order chi connectivity index (χ0) is 15.9. The molecule has 0 saturated heterocycles. The minimum Gasteiger partial charge on any atom is -0.461 e. The van der Waals surface area contributed by atoms with Gasteiger partial charge in [0.15, 0.2) is 0 Å². The van der Waals surface area contributed by atoms with E-state index in [1.807, 2.05) is 6.92 Å². The summed E-state index contributed by atoms with van der Waals surface area (Å²) in [4.78, 5) is 11.7. The Labute approximate surface area is 141 Å². The standard InChI is InChI=1S/C17H21FN2O2.ClH/c1-12(10-19)11-20-17(21)9-7-13-6-8-16(22-13)14-4-2-3-5-15(14)18;/h2-6,8,12H,7,9-11,19H2,1H3,(H,20,21);1H. The molecule has 0 aliphatic carbocycles. The first-order chi connectivity index (χ1) is 10.6. The van der Waals surface area contributed by atoms with Gasteiger partial charge in [-0.3, -0.25) is 4.79 Å². The fraction of sp³-hybridized carbons (Fsp3) is 0.353. The van der Waals surface area contributed by atoms with Crippen molar-refractivity contribution in [1.82, 2.24) is 5.32 Å². The molecule has 3 N–H and O–H groups in total. The monoisotopic (exact) mass is 340 g/mol. The molecule has 0 radical (unpaired) electrons. The quantitative estimate of drug-likeness (QED) is 0.813. The van der Waals surface area contributed by atoms with E-state index in [-0.39, 0.29) is 30.0 Å². The number of amides is 1. The number of nitrogens with one attached hydrogen (secondary N) is 1. The molecule has 1 heterocycles. The van der Waals surface area contributed by atoms with Gasteiger partial charge in [-0.25, -0.2) is 4.39 Å². The van der Waals surface area contributed by atoms with Gasteiger partial charge in [0.2, 0.25) is 5.91 Å². The van der Waals surface area contributed by atoms with Gasteiger partial charge in [-0.1, -0.05) is 19.1 Å². The van der Waals surface area contributed by atoms with Crippen LogP contribution >= 0.6 is 12.4 Å². The lowest BCUT2D eigenvalue weighted by atomic mass is 10.1. The summed E-state index contributed by atoms with van der Waals surface area (Å²) in [5.74, 6) is 1.05. The summed E-state index contributed by atoms with van der Waals surface area (Å²) in [5.41, 5.74) is 5.92. The van der Waals surface area contributed by atoms with Crippen LogP contribution in [0.15, 0.2) is 40.8 Å². The third-order valence-electron chi connectivity index (χ3n) is 3.45. The van der Waals surface area contributed by atoms with E-state index in [4.69, 9.17) is 10.2 Å². The van der Waals surface area contributed by atoms with Crippen LogP contribution in [0.2, 0.25) is 0 Å². The summed E-state index contributed by atoms with van der Waals surface area (Å²) in [7, 11) is 0. The van der Waals surface area contributed by atoms with E-state index >= 15 is 0 Å². The molecular weight excluding hydrogens is 319 g/mol. The fourth-order valence-electron chi connectivity index (χ4n) is 2.01. The number of hydrogen-bond donors (Lipinski definition) is 2. The van der Waals surface area contributed by atoms with Crippen LogP contribution in [0.5, 0.6) is 0 Å². The maximum absolute atomic E-state index is 13.7. The molecule has 0 saturated carbocycles. The van der Waals surface area contributed by atoms with E-state index in [0.29, 0.717) is 43.0 Å². The maximum atomic E-state index is 13.7. The first-order valence-electron chi connectivity index (χ1n) is 7.40. The Bertz CT molecular complexity index is 631. The van der Waals surface area contributed by atoms with Crippen molar-refractivity contribution >= 4 is 18.3 Å².